The Hall–Kier alpha value is -2.32. The number of methoxy groups -OCH3 is 2. The first-order valence-electron chi connectivity index (χ1n) is 9.84. The number of hydrogen-bond acceptors (Lipinski definition) is 5. The average Bonchev–Trinajstić information content (AvgIpc) is 2.75. The minimum atomic E-state index is -4.48. The van der Waals surface area contributed by atoms with Gasteiger partial charge in [-0.15, -0.1) is 0 Å². The van der Waals surface area contributed by atoms with Gasteiger partial charge < -0.3 is 9.47 Å². The van der Waals surface area contributed by atoms with Crippen molar-refractivity contribution in [2.45, 2.75) is 11.8 Å². The van der Waals surface area contributed by atoms with Gasteiger partial charge in [0.1, 0.15) is 4.90 Å². The number of halogens is 1. The molecule has 0 amide bonds. The normalized spacial score (nSPS) is 21.0. The first-order chi connectivity index (χ1) is 14.7. The fraction of sp³-hybridized carbons (Fsp3) is 0.304. The van der Waals surface area contributed by atoms with Gasteiger partial charge in [-0.2, -0.15) is 8.42 Å². The maximum Gasteiger partial charge on any atom is 0.295 e. The maximum absolute atomic E-state index is 12.2. The van der Waals surface area contributed by atoms with E-state index in [0.29, 0.717) is 22.9 Å². The van der Waals surface area contributed by atoms with Crippen molar-refractivity contribution in [3.05, 3.63) is 64.2 Å². The summed E-state index contributed by atoms with van der Waals surface area (Å²) in [6.45, 7) is 4.19. The van der Waals surface area contributed by atoms with Gasteiger partial charge in [0.25, 0.3) is 10.1 Å². The molecule has 2 heterocycles. The van der Waals surface area contributed by atoms with Crippen LogP contribution in [0.2, 0.25) is 5.02 Å². The second-order valence-corrected chi connectivity index (χ2v) is 9.58. The van der Waals surface area contributed by atoms with E-state index in [0.717, 1.165) is 29.8 Å². The molecule has 8 heteroatoms. The van der Waals surface area contributed by atoms with Crippen LogP contribution in [0.15, 0.2) is 52.9 Å². The van der Waals surface area contributed by atoms with Crippen molar-refractivity contribution >= 4 is 32.9 Å². The van der Waals surface area contributed by atoms with Crippen molar-refractivity contribution in [1.29, 1.82) is 0 Å². The molecule has 2 aliphatic heterocycles. The summed E-state index contributed by atoms with van der Waals surface area (Å²) in [5, 5.41) is 0.682. The molecule has 0 aliphatic carbocycles. The van der Waals surface area contributed by atoms with E-state index in [1.165, 1.54) is 25.9 Å². The Labute approximate surface area is 187 Å². The lowest BCUT2D eigenvalue weighted by atomic mass is 9.78. The first kappa shape index (κ1) is 21.9. The Bertz CT molecular complexity index is 1190. The molecule has 1 unspecified atom stereocenters. The average molecular weight is 462 g/mol. The summed E-state index contributed by atoms with van der Waals surface area (Å²) in [6, 6.07) is 10.7. The molecule has 31 heavy (non-hydrogen) atoms. The molecule has 0 saturated heterocycles. The Kier molecular flexibility index (Phi) is 5.87. The van der Waals surface area contributed by atoms with Crippen LogP contribution in [0.3, 0.4) is 0 Å². The monoisotopic (exact) mass is 461 g/mol. The van der Waals surface area contributed by atoms with Gasteiger partial charge in [-0.05, 0) is 41.8 Å². The number of nitrogens with zero attached hydrogens (tertiary/aromatic N) is 1. The van der Waals surface area contributed by atoms with Gasteiger partial charge in [0, 0.05) is 42.2 Å². The zero-order valence-corrected chi connectivity index (χ0v) is 19.1. The highest BCUT2D eigenvalue weighted by molar-refractivity contribution is 7.86. The van der Waals surface area contributed by atoms with Crippen LogP contribution in [-0.4, -0.2) is 51.7 Å². The predicted octanol–water partition coefficient (Wildman–Crippen LogP) is 4.41. The van der Waals surface area contributed by atoms with E-state index in [-0.39, 0.29) is 16.6 Å². The summed E-state index contributed by atoms with van der Waals surface area (Å²) >= 11 is 6.06. The third-order valence-electron chi connectivity index (χ3n) is 6.03. The molecule has 2 aliphatic rings. The molecule has 4 rings (SSSR count). The van der Waals surface area contributed by atoms with Crippen LogP contribution in [0.25, 0.3) is 11.1 Å². The Balaban J connectivity index is 1.88. The van der Waals surface area contributed by atoms with Crippen molar-refractivity contribution in [3.8, 4) is 11.5 Å². The van der Waals surface area contributed by atoms with Crippen molar-refractivity contribution in [1.82, 2.24) is 4.90 Å². The number of hydrogen-bond donors (Lipinski definition) is 1. The van der Waals surface area contributed by atoms with E-state index >= 15 is 0 Å². The second kappa shape index (κ2) is 8.31. The lowest BCUT2D eigenvalue weighted by Crippen LogP contribution is -2.40. The molecule has 0 fully saturated rings. The predicted molar refractivity (Wildman–Crippen MR) is 121 cm³/mol. The third-order valence-corrected chi connectivity index (χ3v) is 7.18. The van der Waals surface area contributed by atoms with Gasteiger partial charge in [0.05, 0.1) is 14.2 Å². The molecule has 0 saturated carbocycles. The van der Waals surface area contributed by atoms with E-state index < -0.39 is 10.1 Å². The number of fused-ring (bicyclic) bond motifs is 2. The second-order valence-electron chi connectivity index (χ2n) is 7.75. The SMILES string of the molecule is COc1cc(C2=C(C)[C@H]3CN(CC=C3c3ccc(Cl)cc3)C2)c(S(=O)(=O)O)cc1OC. The molecule has 2 aromatic carbocycles. The van der Waals surface area contributed by atoms with Crippen LogP contribution in [0.5, 0.6) is 11.5 Å². The molecule has 2 bridgehead atoms. The van der Waals surface area contributed by atoms with Crippen LogP contribution in [0.1, 0.15) is 18.1 Å². The van der Waals surface area contributed by atoms with E-state index in [4.69, 9.17) is 21.1 Å². The quantitative estimate of drug-likeness (QED) is 0.665. The summed E-state index contributed by atoms with van der Waals surface area (Å²) < 4.78 is 45.1. The van der Waals surface area contributed by atoms with Gasteiger partial charge in [-0.1, -0.05) is 35.4 Å². The van der Waals surface area contributed by atoms with Crippen molar-refractivity contribution in [2.75, 3.05) is 33.9 Å². The summed E-state index contributed by atoms with van der Waals surface area (Å²) in [7, 11) is -1.55. The van der Waals surface area contributed by atoms with Crippen LogP contribution in [0.4, 0.5) is 0 Å². The fourth-order valence-electron chi connectivity index (χ4n) is 4.43. The van der Waals surface area contributed by atoms with Gasteiger partial charge in [-0.3, -0.25) is 9.45 Å². The number of rotatable bonds is 5. The van der Waals surface area contributed by atoms with Gasteiger partial charge in [0.15, 0.2) is 11.5 Å². The van der Waals surface area contributed by atoms with E-state index in [9.17, 15) is 13.0 Å². The molecule has 2 atom stereocenters. The van der Waals surface area contributed by atoms with E-state index in [1.807, 2.05) is 31.2 Å². The molecule has 2 aromatic rings. The molecule has 6 nitrogen and oxygen atoms in total. The maximum atomic E-state index is 12.2. The fourth-order valence-corrected chi connectivity index (χ4v) is 5.27. The highest BCUT2D eigenvalue weighted by Gasteiger charge is 2.34. The minimum Gasteiger partial charge on any atom is -0.493 e. The molecule has 0 aromatic heterocycles. The standard InChI is InChI=1S/C23H24ClNO5S/c1-14-19-12-25(9-8-17(19)15-4-6-16(24)7-5-15)13-20(14)18-10-21(29-2)22(30-3)11-23(18)31(26,27)28/h4-8,10-11,19H,9,12-13H2,1-3H3,(H,26,27,28)/t19-/m1/s1. The zero-order chi connectivity index (χ0) is 22.3. The molecule has 0 radical (unpaired) electrons. The smallest absolute Gasteiger partial charge is 0.295 e. The van der Waals surface area contributed by atoms with Crippen molar-refractivity contribution < 1.29 is 22.4 Å². The molecule has 164 valence electrons. The van der Waals surface area contributed by atoms with Gasteiger partial charge in [-0.25, -0.2) is 0 Å². The first-order valence-corrected chi connectivity index (χ1v) is 11.7. The van der Waals surface area contributed by atoms with Crippen molar-refractivity contribution in [3.63, 3.8) is 0 Å². The number of ether oxygens (including phenoxy) is 2. The molecule has 0 spiro atoms. The zero-order valence-electron chi connectivity index (χ0n) is 17.6. The Morgan fingerprint density at radius 3 is 2.35 bits per heavy atom. The lowest BCUT2D eigenvalue weighted by molar-refractivity contribution is 0.295. The topological polar surface area (TPSA) is 76.1 Å². The molecular formula is C23H24ClNO5S. The van der Waals surface area contributed by atoms with Gasteiger partial charge in [0.2, 0.25) is 0 Å². The van der Waals surface area contributed by atoms with E-state index in [1.54, 1.807) is 6.07 Å². The minimum absolute atomic E-state index is 0.0982. The lowest BCUT2D eigenvalue weighted by Gasteiger charge is -2.40. The van der Waals surface area contributed by atoms with Crippen LogP contribution >= 0.6 is 11.6 Å². The summed E-state index contributed by atoms with van der Waals surface area (Å²) in [6.07, 6.45) is 2.22. The van der Waals surface area contributed by atoms with Crippen LogP contribution in [0, 0.1) is 5.92 Å². The van der Waals surface area contributed by atoms with Gasteiger partial charge >= 0.3 is 0 Å². The van der Waals surface area contributed by atoms with E-state index in [2.05, 4.69) is 11.0 Å². The van der Waals surface area contributed by atoms with Crippen LogP contribution in [-0.2, 0) is 10.1 Å². The molecular weight excluding hydrogens is 438 g/mol. The number of benzene rings is 2. The molecule has 1 N–H and O–H groups in total. The Morgan fingerprint density at radius 1 is 1.10 bits per heavy atom. The summed E-state index contributed by atoms with van der Waals surface area (Å²) in [5.74, 6) is 0.751. The highest BCUT2D eigenvalue weighted by atomic mass is 35.5. The third kappa shape index (κ3) is 4.11. The Morgan fingerprint density at radius 2 is 1.74 bits per heavy atom. The van der Waals surface area contributed by atoms with Crippen molar-refractivity contribution in [2.24, 2.45) is 5.92 Å². The van der Waals surface area contributed by atoms with Crippen LogP contribution < -0.4 is 9.47 Å². The summed E-state index contributed by atoms with van der Waals surface area (Å²) in [5.41, 5.74) is 4.65. The summed E-state index contributed by atoms with van der Waals surface area (Å²) in [4.78, 5) is 2.08. The largest absolute Gasteiger partial charge is 0.493 e. The highest BCUT2D eigenvalue weighted by Crippen LogP contribution is 2.44.